The number of rotatable bonds is 6. The quantitative estimate of drug-likeness (QED) is 0.459. The second kappa shape index (κ2) is 7.30. The minimum absolute atomic E-state index is 0.372. The van der Waals surface area contributed by atoms with Gasteiger partial charge in [-0.25, -0.2) is 9.37 Å². The molecule has 3 N–H and O–H groups in total. The van der Waals surface area contributed by atoms with Crippen molar-refractivity contribution >= 4 is 11.0 Å². The summed E-state index contributed by atoms with van der Waals surface area (Å²) >= 11 is 0. The number of nitrogens with one attached hydrogen (secondary N) is 2. The van der Waals surface area contributed by atoms with Gasteiger partial charge in [-0.1, -0.05) is 24.3 Å². The Morgan fingerprint density at radius 1 is 1.22 bits per heavy atom. The highest BCUT2D eigenvalue weighted by molar-refractivity contribution is 5.80. The number of benzene rings is 1. The Hall–Kier alpha value is -3.03. The van der Waals surface area contributed by atoms with Crippen LogP contribution in [0.25, 0.3) is 22.3 Å². The Morgan fingerprint density at radius 2 is 2.04 bits per heavy atom. The number of aliphatic hydroxyl groups is 1. The Kier molecular flexibility index (Phi) is 4.70. The molecule has 1 aromatic carbocycles. The summed E-state index contributed by atoms with van der Waals surface area (Å²) in [6.07, 6.45) is 2.61. The van der Waals surface area contributed by atoms with E-state index in [2.05, 4.69) is 20.5 Å². The monoisotopic (exact) mass is 365 g/mol. The van der Waals surface area contributed by atoms with Crippen LogP contribution >= 0.6 is 0 Å². The minimum Gasteiger partial charge on any atom is -0.373 e. The molecule has 27 heavy (non-hydrogen) atoms. The third kappa shape index (κ3) is 3.34. The highest BCUT2D eigenvalue weighted by Gasteiger charge is 2.16. The van der Waals surface area contributed by atoms with E-state index in [1.807, 2.05) is 48.0 Å². The number of hydrogen-bond acceptors (Lipinski definition) is 4. The van der Waals surface area contributed by atoms with Crippen molar-refractivity contribution in [3.8, 4) is 11.3 Å². The highest BCUT2D eigenvalue weighted by Crippen LogP contribution is 2.25. The number of fused-ring (bicyclic) bond motifs is 1. The molecule has 0 aliphatic carbocycles. The topological polar surface area (TPSA) is 78.8 Å². The standard InChI is InChI=1S/C20H20FN5O/c1-26-18(20(27)22-10-15-5-3-2-4-14(15)9-21)8-13-6-7-17(25-19(13)26)16-11-23-24-12-16/h2-8,11-12,20,22,27H,9-10H2,1H3,(H,23,24). The fraction of sp³-hybridized carbons (Fsp3) is 0.200. The summed E-state index contributed by atoms with van der Waals surface area (Å²) in [5.74, 6) is 0. The summed E-state index contributed by atoms with van der Waals surface area (Å²) < 4.78 is 14.9. The normalized spacial score (nSPS) is 12.6. The molecule has 1 atom stereocenters. The Bertz CT molecular complexity index is 1060. The van der Waals surface area contributed by atoms with Crippen LogP contribution in [0.15, 0.2) is 54.9 Å². The third-order valence-corrected chi connectivity index (χ3v) is 4.74. The van der Waals surface area contributed by atoms with Crippen LogP contribution in [0.4, 0.5) is 4.39 Å². The number of hydrogen-bond donors (Lipinski definition) is 3. The summed E-state index contributed by atoms with van der Waals surface area (Å²) in [5, 5.41) is 21.3. The maximum Gasteiger partial charge on any atom is 0.146 e. The zero-order valence-corrected chi connectivity index (χ0v) is 14.9. The van der Waals surface area contributed by atoms with Gasteiger partial charge in [0.05, 0.1) is 17.6 Å². The van der Waals surface area contributed by atoms with E-state index in [9.17, 15) is 9.50 Å². The molecule has 0 saturated carbocycles. The van der Waals surface area contributed by atoms with Gasteiger partial charge in [-0.05, 0) is 29.3 Å². The van der Waals surface area contributed by atoms with Crippen molar-refractivity contribution in [2.45, 2.75) is 19.4 Å². The molecule has 1 unspecified atom stereocenters. The third-order valence-electron chi connectivity index (χ3n) is 4.74. The lowest BCUT2D eigenvalue weighted by Crippen LogP contribution is -2.23. The fourth-order valence-corrected chi connectivity index (χ4v) is 3.20. The molecule has 0 bridgehead atoms. The van der Waals surface area contributed by atoms with Crippen LogP contribution in [-0.4, -0.2) is 24.9 Å². The molecule has 0 spiro atoms. The Morgan fingerprint density at radius 3 is 2.78 bits per heavy atom. The van der Waals surface area contributed by atoms with Crippen molar-refractivity contribution in [2.24, 2.45) is 7.05 Å². The SMILES string of the molecule is Cn1c(C(O)NCc2ccccc2CF)cc2ccc(-c3cn[nH]c3)nc21. The molecule has 0 saturated heterocycles. The molecule has 0 amide bonds. The first-order chi connectivity index (χ1) is 13.2. The van der Waals surface area contributed by atoms with Crippen LogP contribution in [0.1, 0.15) is 23.0 Å². The molecule has 0 aliphatic heterocycles. The van der Waals surface area contributed by atoms with E-state index >= 15 is 0 Å². The van der Waals surface area contributed by atoms with Gasteiger partial charge in [-0.15, -0.1) is 0 Å². The second-order valence-electron chi connectivity index (χ2n) is 6.41. The Labute approximate surface area is 155 Å². The largest absolute Gasteiger partial charge is 0.373 e. The van der Waals surface area contributed by atoms with Crippen LogP contribution < -0.4 is 5.32 Å². The molecule has 138 valence electrons. The van der Waals surface area contributed by atoms with Gasteiger partial charge < -0.3 is 9.67 Å². The van der Waals surface area contributed by atoms with Gasteiger partial charge in [0.2, 0.25) is 0 Å². The van der Waals surface area contributed by atoms with E-state index in [0.29, 0.717) is 17.8 Å². The number of pyridine rings is 1. The predicted molar refractivity (Wildman–Crippen MR) is 101 cm³/mol. The lowest BCUT2D eigenvalue weighted by Gasteiger charge is -2.15. The van der Waals surface area contributed by atoms with Gasteiger partial charge in [0.1, 0.15) is 18.5 Å². The van der Waals surface area contributed by atoms with Crippen molar-refractivity contribution in [1.82, 2.24) is 25.1 Å². The number of halogens is 1. The highest BCUT2D eigenvalue weighted by atomic mass is 19.1. The zero-order valence-electron chi connectivity index (χ0n) is 14.9. The number of aryl methyl sites for hydroxylation is 1. The maximum absolute atomic E-state index is 13.1. The predicted octanol–water partition coefficient (Wildman–Crippen LogP) is 3.21. The van der Waals surface area contributed by atoms with E-state index in [0.717, 1.165) is 27.9 Å². The molecule has 4 rings (SSSR count). The lowest BCUT2D eigenvalue weighted by atomic mass is 10.1. The number of aromatic nitrogens is 4. The molecule has 4 aromatic rings. The molecular weight excluding hydrogens is 345 g/mol. The van der Waals surface area contributed by atoms with Crippen molar-refractivity contribution in [3.05, 3.63) is 71.7 Å². The van der Waals surface area contributed by atoms with Gasteiger partial charge in [0.15, 0.2) is 0 Å². The van der Waals surface area contributed by atoms with Crippen LogP contribution in [0.2, 0.25) is 0 Å². The second-order valence-corrected chi connectivity index (χ2v) is 6.41. The molecule has 7 heteroatoms. The summed E-state index contributed by atoms with van der Waals surface area (Å²) in [6.45, 7) is -0.154. The summed E-state index contributed by atoms with van der Waals surface area (Å²) in [6, 6.07) is 13.1. The maximum atomic E-state index is 13.1. The zero-order chi connectivity index (χ0) is 18.8. The van der Waals surface area contributed by atoms with E-state index in [-0.39, 0.29) is 0 Å². The van der Waals surface area contributed by atoms with Crippen molar-refractivity contribution in [1.29, 1.82) is 0 Å². The van der Waals surface area contributed by atoms with E-state index in [1.54, 1.807) is 18.5 Å². The smallest absolute Gasteiger partial charge is 0.146 e. The number of alkyl halides is 1. The number of aromatic amines is 1. The molecule has 0 fully saturated rings. The molecule has 0 aliphatic rings. The van der Waals surface area contributed by atoms with Gasteiger partial charge >= 0.3 is 0 Å². The van der Waals surface area contributed by atoms with Gasteiger partial charge in [0, 0.05) is 30.7 Å². The first-order valence-electron chi connectivity index (χ1n) is 8.67. The van der Waals surface area contributed by atoms with E-state index in [1.165, 1.54) is 0 Å². The molecule has 0 radical (unpaired) electrons. The average Bonchev–Trinajstić information content (AvgIpc) is 3.35. The summed E-state index contributed by atoms with van der Waals surface area (Å²) in [5.41, 5.74) is 4.64. The van der Waals surface area contributed by atoms with E-state index in [4.69, 9.17) is 0 Å². The van der Waals surface area contributed by atoms with Gasteiger partial charge in [0.25, 0.3) is 0 Å². The number of H-pyrrole nitrogens is 1. The first kappa shape index (κ1) is 17.4. The minimum atomic E-state index is -0.894. The fourth-order valence-electron chi connectivity index (χ4n) is 3.20. The molecule has 3 heterocycles. The van der Waals surface area contributed by atoms with Crippen LogP contribution in [0, 0.1) is 0 Å². The molecule has 6 nitrogen and oxygen atoms in total. The molecular formula is C20H20FN5O. The van der Waals surface area contributed by atoms with Crippen molar-refractivity contribution < 1.29 is 9.50 Å². The van der Waals surface area contributed by atoms with Crippen LogP contribution in [0.5, 0.6) is 0 Å². The summed E-state index contributed by atoms with van der Waals surface area (Å²) in [4.78, 5) is 4.68. The molecule has 3 aromatic heterocycles. The number of nitrogens with zero attached hydrogens (tertiary/aromatic N) is 3. The summed E-state index contributed by atoms with van der Waals surface area (Å²) in [7, 11) is 1.87. The average molecular weight is 365 g/mol. The lowest BCUT2D eigenvalue weighted by molar-refractivity contribution is 0.129. The van der Waals surface area contributed by atoms with Crippen molar-refractivity contribution in [2.75, 3.05) is 0 Å². The number of aliphatic hydroxyl groups excluding tert-OH is 1. The van der Waals surface area contributed by atoms with Crippen LogP contribution in [-0.2, 0) is 20.3 Å². The van der Waals surface area contributed by atoms with Crippen LogP contribution in [0.3, 0.4) is 0 Å². The Balaban J connectivity index is 1.58. The van der Waals surface area contributed by atoms with Crippen molar-refractivity contribution in [3.63, 3.8) is 0 Å². The van der Waals surface area contributed by atoms with E-state index < -0.39 is 12.9 Å². The first-order valence-corrected chi connectivity index (χ1v) is 8.67. The van der Waals surface area contributed by atoms with Gasteiger partial charge in [-0.3, -0.25) is 10.4 Å². The van der Waals surface area contributed by atoms with Gasteiger partial charge in [-0.2, -0.15) is 5.10 Å².